The van der Waals surface area contributed by atoms with Crippen molar-refractivity contribution in [1.82, 2.24) is 4.90 Å². The lowest BCUT2D eigenvalue weighted by Crippen LogP contribution is -2.23. The van der Waals surface area contributed by atoms with Gasteiger partial charge >= 0.3 is 0 Å². The second-order valence-electron chi connectivity index (χ2n) is 5.23. The Morgan fingerprint density at radius 3 is 2.67 bits per heavy atom. The molecule has 0 saturated carbocycles. The van der Waals surface area contributed by atoms with Gasteiger partial charge in [-0.25, -0.2) is 0 Å². The Kier molecular flexibility index (Phi) is 3.52. The Morgan fingerprint density at radius 1 is 1.29 bits per heavy atom. The summed E-state index contributed by atoms with van der Waals surface area (Å²) >= 11 is 3.48. The molecule has 0 N–H and O–H groups in total. The maximum atomic E-state index is 12.5. The molecule has 0 aliphatic carbocycles. The Hall–Kier alpha value is -2.12. The summed E-state index contributed by atoms with van der Waals surface area (Å²) in [7, 11) is 0. The number of rotatable bonds is 2. The van der Waals surface area contributed by atoms with Gasteiger partial charge in [-0.15, -0.1) is 0 Å². The first-order chi connectivity index (χ1) is 10.1. The van der Waals surface area contributed by atoms with Crippen molar-refractivity contribution in [2.24, 2.45) is 0 Å². The zero-order valence-corrected chi connectivity index (χ0v) is 13.1. The third-order valence-corrected chi connectivity index (χ3v) is 4.16. The predicted octanol–water partition coefficient (Wildman–Crippen LogP) is 3.79. The van der Waals surface area contributed by atoms with Crippen LogP contribution in [0.3, 0.4) is 0 Å². The molecule has 0 fully saturated rings. The minimum atomic E-state index is 0.0827. The SMILES string of the molecule is Cc1cc(Br)cc2c1C(=O)N(Cc1ccc(C#N)cc1)C2. The number of nitrogens with zero attached hydrogens (tertiary/aromatic N) is 2. The highest BCUT2D eigenvalue weighted by Crippen LogP contribution is 2.30. The molecular weight excluding hydrogens is 328 g/mol. The molecule has 1 heterocycles. The van der Waals surface area contributed by atoms with Gasteiger partial charge < -0.3 is 4.90 Å². The highest BCUT2D eigenvalue weighted by molar-refractivity contribution is 9.10. The zero-order chi connectivity index (χ0) is 15.0. The van der Waals surface area contributed by atoms with Gasteiger partial charge in [0.2, 0.25) is 0 Å². The molecule has 1 aliphatic rings. The van der Waals surface area contributed by atoms with E-state index in [1.807, 2.05) is 36.1 Å². The molecule has 0 radical (unpaired) electrons. The fourth-order valence-electron chi connectivity index (χ4n) is 2.71. The van der Waals surface area contributed by atoms with Crippen LogP contribution in [0.15, 0.2) is 40.9 Å². The molecule has 1 aliphatic heterocycles. The standard InChI is InChI=1S/C17H13BrN2O/c1-11-6-15(18)7-14-10-20(17(21)16(11)14)9-13-4-2-12(8-19)3-5-13/h2-7H,9-10H2,1H3. The van der Waals surface area contributed by atoms with Crippen LogP contribution in [0.2, 0.25) is 0 Å². The van der Waals surface area contributed by atoms with E-state index < -0.39 is 0 Å². The van der Waals surface area contributed by atoms with Gasteiger partial charge in [0, 0.05) is 23.1 Å². The number of carbonyl (C=O) groups excluding carboxylic acids is 1. The maximum absolute atomic E-state index is 12.5. The molecule has 0 aromatic heterocycles. The van der Waals surface area contributed by atoms with Gasteiger partial charge in [0.1, 0.15) is 0 Å². The zero-order valence-electron chi connectivity index (χ0n) is 11.6. The van der Waals surface area contributed by atoms with Gasteiger partial charge in [-0.3, -0.25) is 4.79 Å². The maximum Gasteiger partial charge on any atom is 0.255 e. The lowest BCUT2D eigenvalue weighted by Gasteiger charge is -2.15. The lowest BCUT2D eigenvalue weighted by atomic mass is 10.0. The molecule has 0 bridgehead atoms. The van der Waals surface area contributed by atoms with Crippen LogP contribution >= 0.6 is 15.9 Å². The van der Waals surface area contributed by atoms with Crippen molar-refractivity contribution < 1.29 is 4.79 Å². The summed E-state index contributed by atoms with van der Waals surface area (Å²) < 4.78 is 1.01. The van der Waals surface area contributed by atoms with E-state index in [4.69, 9.17) is 5.26 Å². The van der Waals surface area contributed by atoms with E-state index in [1.54, 1.807) is 12.1 Å². The van der Waals surface area contributed by atoms with Crippen LogP contribution < -0.4 is 0 Å². The second kappa shape index (κ2) is 5.34. The number of fused-ring (bicyclic) bond motifs is 1. The summed E-state index contributed by atoms with van der Waals surface area (Å²) in [6, 6.07) is 13.5. The van der Waals surface area contributed by atoms with Crippen LogP contribution in [-0.4, -0.2) is 10.8 Å². The summed E-state index contributed by atoms with van der Waals surface area (Å²) in [5.74, 6) is 0.0827. The highest BCUT2D eigenvalue weighted by atomic mass is 79.9. The van der Waals surface area contributed by atoms with Crippen LogP contribution in [0, 0.1) is 18.3 Å². The van der Waals surface area contributed by atoms with Crippen molar-refractivity contribution in [3.8, 4) is 6.07 Å². The molecule has 0 unspecified atom stereocenters. The van der Waals surface area contributed by atoms with E-state index in [-0.39, 0.29) is 5.91 Å². The number of amides is 1. The van der Waals surface area contributed by atoms with E-state index in [2.05, 4.69) is 22.0 Å². The van der Waals surface area contributed by atoms with Crippen LogP contribution in [0.1, 0.15) is 32.6 Å². The Morgan fingerprint density at radius 2 is 2.00 bits per heavy atom. The summed E-state index contributed by atoms with van der Waals surface area (Å²) in [5.41, 5.74) is 4.57. The van der Waals surface area contributed by atoms with Crippen LogP contribution in [0.4, 0.5) is 0 Å². The first-order valence-corrected chi connectivity index (χ1v) is 7.45. The van der Waals surface area contributed by atoms with Crippen molar-refractivity contribution >= 4 is 21.8 Å². The largest absolute Gasteiger partial charge is 0.330 e. The molecule has 2 aromatic rings. The molecule has 0 spiro atoms. The Bertz CT molecular complexity index is 760. The van der Waals surface area contributed by atoms with Crippen LogP contribution in [-0.2, 0) is 13.1 Å². The molecule has 3 rings (SSSR count). The minimum absolute atomic E-state index is 0.0827. The Labute approximate surface area is 131 Å². The van der Waals surface area contributed by atoms with E-state index >= 15 is 0 Å². The van der Waals surface area contributed by atoms with Crippen molar-refractivity contribution in [2.45, 2.75) is 20.0 Å². The van der Waals surface area contributed by atoms with Gasteiger partial charge in [0.25, 0.3) is 5.91 Å². The van der Waals surface area contributed by atoms with Crippen molar-refractivity contribution in [3.05, 3.63) is 68.7 Å². The number of carbonyl (C=O) groups is 1. The fourth-order valence-corrected chi connectivity index (χ4v) is 3.33. The molecule has 1 amide bonds. The summed E-state index contributed by atoms with van der Waals surface area (Å²) in [6.07, 6.45) is 0. The van der Waals surface area contributed by atoms with E-state index in [9.17, 15) is 4.79 Å². The van der Waals surface area contributed by atoms with Gasteiger partial charge in [-0.1, -0.05) is 28.1 Å². The average molecular weight is 341 g/mol. The minimum Gasteiger partial charge on any atom is -0.330 e. The monoisotopic (exact) mass is 340 g/mol. The molecule has 4 heteroatoms. The molecule has 21 heavy (non-hydrogen) atoms. The number of benzene rings is 2. The van der Waals surface area contributed by atoms with Gasteiger partial charge in [-0.2, -0.15) is 5.26 Å². The van der Waals surface area contributed by atoms with E-state index in [0.29, 0.717) is 18.7 Å². The van der Waals surface area contributed by atoms with Crippen LogP contribution in [0.25, 0.3) is 0 Å². The lowest BCUT2D eigenvalue weighted by molar-refractivity contribution is 0.0766. The first-order valence-electron chi connectivity index (χ1n) is 6.66. The number of hydrogen-bond donors (Lipinski definition) is 0. The second-order valence-corrected chi connectivity index (χ2v) is 6.14. The van der Waals surface area contributed by atoms with E-state index in [0.717, 1.165) is 26.7 Å². The fraction of sp³-hybridized carbons (Fsp3) is 0.176. The molecular formula is C17H13BrN2O. The first kappa shape index (κ1) is 13.8. The van der Waals surface area contributed by atoms with Gasteiger partial charge in [0.05, 0.1) is 11.6 Å². The van der Waals surface area contributed by atoms with Gasteiger partial charge in [0.15, 0.2) is 0 Å². The topological polar surface area (TPSA) is 44.1 Å². The number of hydrogen-bond acceptors (Lipinski definition) is 2. The van der Waals surface area contributed by atoms with Gasteiger partial charge in [-0.05, 0) is 47.9 Å². The molecule has 2 aromatic carbocycles. The summed E-state index contributed by atoms with van der Waals surface area (Å²) in [4.78, 5) is 14.4. The third kappa shape index (κ3) is 2.57. The number of nitriles is 1. The molecule has 104 valence electrons. The predicted molar refractivity (Wildman–Crippen MR) is 83.6 cm³/mol. The van der Waals surface area contributed by atoms with Crippen molar-refractivity contribution in [3.63, 3.8) is 0 Å². The smallest absolute Gasteiger partial charge is 0.255 e. The summed E-state index contributed by atoms with van der Waals surface area (Å²) in [6.45, 7) is 3.16. The van der Waals surface area contributed by atoms with Crippen molar-refractivity contribution in [2.75, 3.05) is 0 Å². The molecule has 3 nitrogen and oxygen atoms in total. The van der Waals surface area contributed by atoms with E-state index in [1.165, 1.54) is 0 Å². The summed E-state index contributed by atoms with van der Waals surface area (Å²) in [5, 5.41) is 8.81. The van der Waals surface area contributed by atoms with Crippen LogP contribution in [0.5, 0.6) is 0 Å². The Balaban J connectivity index is 1.84. The quantitative estimate of drug-likeness (QED) is 0.834. The third-order valence-electron chi connectivity index (χ3n) is 3.70. The highest BCUT2D eigenvalue weighted by Gasteiger charge is 2.29. The average Bonchev–Trinajstić information content (AvgIpc) is 2.76. The molecule has 0 atom stereocenters. The van der Waals surface area contributed by atoms with Crippen molar-refractivity contribution in [1.29, 1.82) is 5.26 Å². The number of aryl methyl sites for hydroxylation is 1. The number of halogens is 1. The normalized spacial score (nSPS) is 13.2. The molecule has 0 saturated heterocycles.